The average molecular weight is 455 g/mol. The molecule has 4 heteroatoms. The highest BCUT2D eigenvalue weighted by molar-refractivity contribution is 7.10. The maximum atomic E-state index is 11.2. The molecule has 0 saturated heterocycles. The molecule has 2 aromatic carbocycles. The Morgan fingerprint density at radius 2 is 1.79 bits per heavy atom. The number of aromatic nitrogens is 1. The Labute approximate surface area is 199 Å². The van der Waals surface area contributed by atoms with Crippen LogP contribution in [0.25, 0.3) is 22.0 Å². The highest BCUT2D eigenvalue weighted by Gasteiger charge is 2.40. The normalized spacial score (nSPS) is 19.0. The van der Waals surface area contributed by atoms with E-state index in [0.29, 0.717) is 0 Å². The number of hydrogen-bond acceptors (Lipinski definition) is 3. The summed E-state index contributed by atoms with van der Waals surface area (Å²) in [5.41, 5.74) is 9.78. The quantitative estimate of drug-likeness (QED) is 0.274. The number of aryl methyl sites for hydroxylation is 3. The molecule has 0 radical (unpaired) electrons. The first-order valence-electron chi connectivity index (χ1n) is 11.5. The zero-order valence-electron chi connectivity index (χ0n) is 20.1. The van der Waals surface area contributed by atoms with Crippen molar-refractivity contribution in [2.24, 2.45) is 0 Å². The summed E-state index contributed by atoms with van der Waals surface area (Å²) in [5.74, 6) is 6.95. The molecular weight excluding hydrogens is 424 g/mol. The van der Waals surface area contributed by atoms with E-state index in [4.69, 9.17) is 0 Å². The minimum Gasteiger partial charge on any atom is -0.390 e. The predicted octanol–water partition coefficient (Wildman–Crippen LogP) is 6.89. The monoisotopic (exact) mass is 454 g/mol. The first-order chi connectivity index (χ1) is 15.7. The van der Waals surface area contributed by atoms with Gasteiger partial charge in [0.1, 0.15) is 0 Å². The van der Waals surface area contributed by atoms with Crippen LogP contribution in [0.1, 0.15) is 59.4 Å². The van der Waals surface area contributed by atoms with E-state index in [2.05, 4.69) is 106 Å². The lowest BCUT2D eigenvalue weighted by Crippen LogP contribution is -2.50. The van der Waals surface area contributed by atoms with Crippen molar-refractivity contribution in [3.63, 3.8) is 0 Å². The van der Waals surface area contributed by atoms with Crippen LogP contribution in [0.15, 0.2) is 41.9 Å². The molecule has 33 heavy (non-hydrogen) atoms. The van der Waals surface area contributed by atoms with Gasteiger partial charge in [-0.25, -0.2) is 0 Å². The lowest BCUT2D eigenvalue weighted by atomic mass is 9.75. The summed E-state index contributed by atoms with van der Waals surface area (Å²) in [4.78, 5) is 4.57. The van der Waals surface area contributed by atoms with Crippen LogP contribution in [-0.2, 0) is 0 Å². The Kier molecular flexibility index (Phi) is 5.16. The van der Waals surface area contributed by atoms with E-state index >= 15 is 0 Å². The third-order valence-corrected chi connectivity index (χ3v) is 7.99. The summed E-state index contributed by atoms with van der Waals surface area (Å²) in [6, 6.07) is 10.8. The highest BCUT2D eigenvalue weighted by Crippen LogP contribution is 2.46. The van der Waals surface area contributed by atoms with E-state index in [1.165, 1.54) is 22.1 Å². The fourth-order valence-electron chi connectivity index (χ4n) is 5.13. The molecule has 4 aromatic rings. The van der Waals surface area contributed by atoms with Gasteiger partial charge < -0.3 is 15.4 Å². The second-order valence-electron chi connectivity index (χ2n) is 9.87. The lowest BCUT2D eigenvalue weighted by molar-refractivity contribution is 0.0868. The second-order valence-corrected chi connectivity index (χ2v) is 10.8. The molecule has 2 atom stereocenters. The number of aliphatic hydroxyl groups is 1. The van der Waals surface area contributed by atoms with Gasteiger partial charge in [0.25, 0.3) is 0 Å². The molecule has 0 spiro atoms. The fraction of sp³-hybridized carbons (Fsp3) is 0.310. The number of hydrogen-bond donors (Lipinski definition) is 3. The van der Waals surface area contributed by atoms with E-state index in [1.807, 2.05) is 0 Å². The molecule has 0 amide bonds. The number of para-hydroxylation sites is 1. The van der Waals surface area contributed by atoms with Crippen LogP contribution < -0.4 is 5.32 Å². The van der Waals surface area contributed by atoms with Gasteiger partial charge in [0.15, 0.2) is 0 Å². The summed E-state index contributed by atoms with van der Waals surface area (Å²) in [6.45, 7) is 12.6. The van der Waals surface area contributed by atoms with Crippen molar-refractivity contribution in [2.75, 3.05) is 5.32 Å². The van der Waals surface area contributed by atoms with Crippen LogP contribution in [0.2, 0.25) is 0 Å². The molecule has 1 unspecified atom stereocenters. The summed E-state index contributed by atoms with van der Waals surface area (Å²) in [5, 5.41) is 18.1. The summed E-state index contributed by atoms with van der Waals surface area (Å²) in [6.07, 6.45) is 1.54. The summed E-state index contributed by atoms with van der Waals surface area (Å²) in [7, 11) is 0. The number of aromatic amines is 1. The molecule has 0 saturated carbocycles. The van der Waals surface area contributed by atoms with Crippen LogP contribution >= 0.6 is 11.3 Å². The van der Waals surface area contributed by atoms with Crippen LogP contribution in [0.3, 0.4) is 0 Å². The van der Waals surface area contributed by atoms with E-state index in [9.17, 15) is 5.11 Å². The zero-order valence-corrected chi connectivity index (χ0v) is 20.9. The number of fused-ring (bicyclic) bond motifs is 2. The Hall–Kier alpha value is -3.00. The molecule has 0 aliphatic carbocycles. The van der Waals surface area contributed by atoms with Crippen LogP contribution in [0, 0.1) is 32.6 Å². The summed E-state index contributed by atoms with van der Waals surface area (Å²) < 4.78 is 0. The minimum absolute atomic E-state index is 0.0480. The fourth-order valence-corrected chi connectivity index (χ4v) is 5.90. The van der Waals surface area contributed by atoms with Crippen molar-refractivity contribution in [1.82, 2.24) is 4.98 Å². The Balaban J connectivity index is 1.84. The topological polar surface area (TPSA) is 48.0 Å². The van der Waals surface area contributed by atoms with Crippen molar-refractivity contribution >= 4 is 27.9 Å². The second kappa shape index (κ2) is 7.80. The number of rotatable bonds is 1. The smallest absolute Gasteiger partial charge is 0.0831 e. The van der Waals surface area contributed by atoms with Gasteiger partial charge in [-0.05, 0) is 74.4 Å². The van der Waals surface area contributed by atoms with Gasteiger partial charge in [-0.2, -0.15) is 0 Å². The van der Waals surface area contributed by atoms with Gasteiger partial charge in [0.2, 0.25) is 0 Å². The standard InChI is InChI=1S/C29H30N2OS/c1-16-12-13-33-24(16)11-10-21-23(22-9-7-8-20-18(3)15-30-27(20)22)14-17(2)26-25(21)19(4)28(32)29(5,6)31-26/h7-9,12-15,19,28,30-32H,1-6H3/t19-,28?/m0/s1. The van der Waals surface area contributed by atoms with Crippen molar-refractivity contribution < 1.29 is 5.11 Å². The molecule has 0 fully saturated rings. The lowest BCUT2D eigenvalue weighted by Gasteiger charge is -2.43. The third kappa shape index (κ3) is 3.47. The Morgan fingerprint density at radius 3 is 2.52 bits per heavy atom. The van der Waals surface area contributed by atoms with Crippen LogP contribution in [0.4, 0.5) is 5.69 Å². The van der Waals surface area contributed by atoms with Crippen molar-refractivity contribution in [3.05, 3.63) is 74.6 Å². The number of aliphatic hydroxyl groups excluding tert-OH is 1. The van der Waals surface area contributed by atoms with Crippen molar-refractivity contribution in [1.29, 1.82) is 0 Å². The number of anilines is 1. The molecule has 1 aliphatic heterocycles. The number of thiophene rings is 1. The van der Waals surface area contributed by atoms with Crippen molar-refractivity contribution in [3.8, 4) is 23.0 Å². The van der Waals surface area contributed by atoms with E-state index < -0.39 is 11.6 Å². The average Bonchev–Trinajstić information content (AvgIpc) is 3.37. The van der Waals surface area contributed by atoms with E-state index in [-0.39, 0.29) is 5.92 Å². The molecule has 0 bridgehead atoms. The molecule has 168 valence electrons. The van der Waals surface area contributed by atoms with Gasteiger partial charge in [-0.1, -0.05) is 37.0 Å². The number of benzene rings is 2. The Morgan fingerprint density at radius 1 is 1.00 bits per heavy atom. The zero-order chi connectivity index (χ0) is 23.5. The number of nitrogens with one attached hydrogen (secondary N) is 2. The first kappa shape index (κ1) is 21.8. The molecule has 1 aliphatic rings. The van der Waals surface area contributed by atoms with Crippen LogP contribution in [-0.4, -0.2) is 21.7 Å². The van der Waals surface area contributed by atoms with E-state index in [1.54, 1.807) is 11.3 Å². The van der Waals surface area contributed by atoms with Gasteiger partial charge in [0, 0.05) is 39.9 Å². The van der Waals surface area contributed by atoms with Gasteiger partial charge in [-0.3, -0.25) is 0 Å². The highest BCUT2D eigenvalue weighted by atomic mass is 32.1. The first-order valence-corrected chi connectivity index (χ1v) is 12.3. The maximum Gasteiger partial charge on any atom is 0.0831 e. The minimum atomic E-state index is -0.521. The predicted molar refractivity (Wildman–Crippen MR) is 140 cm³/mol. The van der Waals surface area contributed by atoms with Crippen molar-refractivity contribution in [2.45, 2.75) is 59.1 Å². The molecule has 3 heterocycles. The van der Waals surface area contributed by atoms with Gasteiger partial charge in [-0.15, -0.1) is 11.3 Å². The van der Waals surface area contributed by atoms with Gasteiger partial charge >= 0.3 is 0 Å². The van der Waals surface area contributed by atoms with Gasteiger partial charge in [0.05, 0.1) is 22.0 Å². The number of H-pyrrole nitrogens is 1. The SMILES string of the molecule is Cc1ccsc1C#Cc1c(-c2cccc3c(C)c[nH]c23)cc(C)c2c1[C@H](C)C(O)C(C)(C)N2. The third-order valence-electron chi connectivity index (χ3n) is 7.05. The molecular formula is C29H30N2OS. The van der Waals surface area contributed by atoms with Crippen LogP contribution in [0.5, 0.6) is 0 Å². The molecule has 3 nitrogen and oxygen atoms in total. The summed E-state index contributed by atoms with van der Waals surface area (Å²) >= 11 is 1.67. The maximum absolute atomic E-state index is 11.2. The van der Waals surface area contributed by atoms with E-state index in [0.717, 1.165) is 38.3 Å². The largest absolute Gasteiger partial charge is 0.390 e. The Bertz CT molecular complexity index is 1440. The molecule has 2 aromatic heterocycles. The molecule has 5 rings (SSSR count). The molecule has 3 N–H and O–H groups in total.